The second kappa shape index (κ2) is 6.76. The Bertz CT molecular complexity index is 498. The molecule has 0 aliphatic carbocycles. The van der Waals surface area contributed by atoms with Gasteiger partial charge in [-0.05, 0) is 31.9 Å². The minimum atomic E-state index is 0.683. The van der Waals surface area contributed by atoms with Gasteiger partial charge in [-0.2, -0.15) is 0 Å². The van der Waals surface area contributed by atoms with E-state index in [9.17, 15) is 0 Å². The van der Waals surface area contributed by atoms with Crippen molar-refractivity contribution >= 4 is 22.9 Å². The summed E-state index contributed by atoms with van der Waals surface area (Å²) in [6, 6.07) is 8.07. The number of aromatic nitrogens is 1. The summed E-state index contributed by atoms with van der Waals surface area (Å²) in [6.07, 6.45) is 1.93. The van der Waals surface area contributed by atoms with Gasteiger partial charge in [-0.25, -0.2) is 4.98 Å². The molecule has 2 nitrogen and oxygen atoms in total. The Morgan fingerprint density at radius 2 is 2.28 bits per heavy atom. The number of benzene rings is 1. The van der Waals surface area contributed by atoms with E-state index in [1.807, 2.05) is 25.1 Å². The van der Waals surface area contributed by atoms with Gasteiger partial charge in [0.2, 0.25) is 0 Å². The van der Waals surface area contributed by atoms with Gasteiger partial charge in [-0.1, -0.05) is 12.1 Å². The topological polar surface area (TPSA) is 22.1 Å². The molecule has 2 rings (SSSR count). The number of halogens is 1. The van der Waals surface area contributed by atoms with Crippen molar-refractivity contribution in [1.82, 2.24) is 4.98 Å². The standard InChI is InChI=1S/C14H16ClNOS/c1-2-17-13-7-3-5-11(9-13)14-16-12(10-18-14)6-4-8-15/h3,5,7,9-10H,2,4,6,8H2,1H3. The van der Waals surface area contributed by atoms with Crippen LogP contribution in [0.2, 0.25) is 0 Å². The molecular weight excluding hydrogens is 266 g/mol. The normalized spacial score (nSPS) is 10.6. The molecule has 2 aromatic rings. The second-order valence-electron chi connectivity index (χ2n) is 3.90. The lowest BCUT2D eigenvalue weighted by Crippen LogP contribution is -1.91. The maximum absolute atomic E-state index is 5.69. The molecule has 4 heteroatoms. The fourth-order valence-electron chi connectivity index (χ4n) is 1.69. The smallest absolute Gasteiger partial charge is 0.123 e. The fraction of sp³-hybridized carbons (Fsp3) is 0.357. The van der Waals surface area contributed by atoms with Crippen molar-refractivity contribution in [2.45, 2.75) is 19.8 Å². The molecule has 0 amide bonds. The first-order valence-corrected chi connectivity index (χ1v) is 7.48. The van der Waals surface area contributed by atoms with Crippen LogP contribution in [0.4, 0.5) is 0 Å². The van der Waals surface area contributed by atoms with E-state index in [4.69, 9.17) is 16.3 Å². The highest BCUT2D eigenvalue weighted by Crippen LogP contribution is 2.27. The molecule has 0 atom stereocenters. The SMILES string of the molecule is CCOc1cccc(-c2nc(CCCCl)cs2)c1. The van der Waals surface area contributed by atoms with E-state index in [1.165, 1.54) is 0 Å². The van der Waals surface area contributed by atoms with Gasteiger partial charge < -0.3 is 4.74 Å². The van der Waals surface area contributed by atoms with Crippen LogP contribution in [0, 0.1) is 0 Å². The maximum atomic E-state index is 5.69. The molecule has 0 N–H and O–H groups in total. The molecule has 0 saturated heterocycles. The Morgan fingerprint density at radius 3 is 3.06 bits per heavy atom. The van der Waals surface area contributed by atoms with Crippen molar-refractivity contribution < 1.29 is 4.74 Å². The van der Waals surface area contributed by atoms with Crippen LogP contribution in [0.15, 0.2) is 29.6 Å². The zero-order valence-electron chi connectivity index (χ0n) is 10.4. The summed E-state index contributed by atoms with van der Waals surface area (Å²) < 4.78 is 5.50. The number of ether oxygens (including phenoxy) is 1. The van der Waals surface area contributed by atoms with E-state index in [0.29, 0.717) is 12.5 Å². The minimum absolute atomic E-state index is 0.683. The third-order valence-corrected chi connectivity index (χ3v) is 3.72. The lowest BCUT2D eigenvalue weighted by Gasteiger charge is -2.03. The van der Waals surface area contributed by atoms with Crippen LogP contribution in [-0.4, -0.2) is 17.5 Å². The van der Waals surface area contributed by atoms with Crippen molar-refractivity contribution in [3.05, 3.63) is 35.3 Å². The van der Waals surface area contributed by atoms with E-state index < -0.39 is 0 Å². The van der Waals surface area contributed by atoms with Crippen LogP contribution in [0.25, 0.3) is 10.6 Å². The fourth-order valence-corrected chi connectivity index (χ4v) is 2.67. The molecule has 0 radical (unpaired) electrons. The molecule has 0 aliphatic heterocycles. The van der Waals surface area contributed by atoms with Crippen LogP contribution < -0.4 is 4.74 Å². The Morgan fingerprint density at radius 1 is 1.39 bits per heavy atom. The number of hydrogen-bond acceptors (Lipinski definition) is 3. The molecule has 1 aromatic heterocycles. The summed E-state index contributed by atoms with van der Waals surface area (Å²) in [6.45, 7) is 2.67. The van der Waals surface area contributed by atoms with E-state index >= 15 is 0 Å². The zero-order valence-corrected chi connectivity index (χ0v) is 11.9. The predicted molar refractivity (Wildman–Crippen MR) is 77.8 cm³/mol. The Kier molecular flexibility index (Phi) is 5.02. The van der Waals surface area contributed by atoms with Crippen LogP contribution >= 0.6 is 22.9 Å². The largest absolute Gasteiger partial charge is 0.494 e. The molecule has 18 heavy (non-hydrogen) atoms. The Labute approximate surface area is 117 Å². The van der Waals surface area contributed by atoms with Gasteiger partial charge in [0.25, 0.3) is 0 Å². The molecule has 0 saturated carbocycles. The molecule has 0 fully saturated rings. The summed E-state index contributed by atoms with van der Waals surface area (Å²) in [5.41, 5.74) is 2.24. The minimum Gasteiger partial charge on any atom is -0.494 e. The Hall–Kier alpha value is -1.06. The summed E-state index contributed by atoms with van der Waals surface area (Å²) in [4.78, 5) is 4.62. The van der Waals surface area contributed by atoms with Gasteiger partial charge in [0.05, 0.1) is 12.3 Å². The van der Waals surface area contributed by atoms with Gasteiger partial charge in [-0.15, -0.1) is 22.9 Å². The maximum Gasteiger partial charge on any atom is 0.123 e. The lowest BCUT2D eigenvalue weighted by molar-refractivity contribution is 0.340. The number of nitrogens with zero attached hydrogens (tertiary/aromatic N) is 1. The number of hydrogen-bond donors (Lipinski definition) is 0. The van der Waals surface area contributed by atoms with Gasteiger partial charge in [0, 0.05) is 16.8 Å². The van der Waals surface area contributed by atoms with Gasteiger partial charge in [0.15, 0.2) is 0 Å². The molecule has 0 unspecified atom stereocenters. The summed E-state index contributed by atoms with van der Waals surface area (Å²) >= 11 is 7.36. The number of thiazole rings is 1. The van der Waals surface area contributed by atoms with Gasteiger partial charge >= 0.3 is 0 Å². The molecule has 96 valence electrons. The van der Waals surface area contributed by atoms with Crippen molar-refractivity contribution in [2.75, 3.05) is 12.5 Å². The van der Waals surface area contributed by atoms with Crippen LogP contribution in [-0.2, 0) is 6.42 Å². The van der Waals surface area contributed by atoms with E-state index in [1.54, 1.807) is 11.3 Å². The quantitative estimate of drug-likeness (QED) is 0.733. The van der Waals surface area contributed by atoms with Crippen molar-refractivity contribution in [3.8, 4) is 16.3 Å². The lowest BCUT2D eigenvalue weighted by atomic mass is 10.2. The second-order valence-corrected chi connectivity index (χ2v) is 5.13. The van der Waals surface area contributed by atoms with Crippen LogP contribution in [0.5, 0.6) is 5.75 Å². The first-order valence-electron chi connectivity index (χ1n) is 6.07. The highest BCUT2D eigenvalue weighted by Gasteiger charge is 2.05. The van der Waals surface area contributed by atoms with E-state index in [2.05, 4.69) is 16.4 Å². The van der Waals surface area contributed by atoms with Crippen molar-refractivity contribution in [3.63, 3.8) is 0 Å². The zero-order chi connectivity index (χ0) is 12.8. The molecule has 1 aromatic carbocycles. The number of aryl methyl sites for hydroxylation is 1. The predicted octanol–water partition coefficient (Wildman–Crippen LogP) is 4.38. The van der Waals surface area contributed by atoms with Crippen LogP contribution in [0.3, 0.4) is 0 Å². The highest BCUT2D eigenvalue weighted by atomic mass is 35.5. The highest BCUT2D eigenvalue weighted by molar-refractivity contribution is 7.13. The van der Waals surface area contributed by atoms with Crippen LogP contribution in [0.1, 0.15) is 19.0 Å². The number of alkyl halides is 1. The molecule has 0 spiro atoms. The number of rotatable bonds is 6. The monoisotopic (exact) mass is 281 g/mol. The molecular formula is C14H16ClNOS. The average molecular weight is 282 g/mol. The molecule has 1 heterocycles. The third kappa shape index (κ3) is 3.47. The Balaban J connectivity index is 2.15. The first kappa shape index (κ1) is 13.4. The summed E-state index contributed by atoms with van der Waals surface area (Å²) in [5.74, 6) is 1.58. The van der Waals surface area contributed by atoms with E-state index in [0.717, 1.165) is 34.9 Å². The molecule has 0 bridgehead atoms. The average Bonchev–Trinajstić information content (AvgIpc) is 2.86. The van der Waals surface area contributed by atoms with E-state index in [-0.39, 0.29) is 0 Å². The van der Waals surface area contributed by atoms with Gasteiger partial charge in [-0.3, -0.25) is 0 Å². The summed E-state index contributed by atoms with van der Waals surface area (Å²) in [5, 5.41) is 3.15. The van der Waals surface area contributed by atoms with Crippen molar-refractivity contribution in [2.24, 2.45) is 0 Å². The third-order valence-electron chi connectivity index (χ3n) is 2.51. The van der Waals surface area contributed by atoms with Crippen molar-refractivity contribution in [1.29, 1.82) is 0 Å². The molecule has 0 aliphatic rings. The van der Waals surface area contributed by atoms with Gasteiger partial charge in [0.1, 0.15) is 10.8 Å². The first-order chi connectivity index (χ1) is 8.83. The summed E-state index contributed by atoms with van der Waals surface area (Å²) in [7, 11) is 0.